The first kappa shape index (κ1) is 27.6. The van der Waals surface area contributed by atoms with E-state index in [1.54, 1.807) is 6.92 Å². The summed E-state index contributed by atoms with van der Waals surface area (Å²) in [5.74, 6) is 1.36. The molecule has 1 aromatic rings. The largest absolute Gasteiger partial charge is 0.462 e. The Morgan fingerprint density at radius 2 is 1.52 bits per heavy atom. The van der Waals surface area contributed by atoms with Gasteiger partial charge in [-0.05, 0) is 68.4 Å². The lowest BCUT2D eigenvalue weighted by Gasteiger charge is -2.29. The number of hydrogen-bond acceptors (Lipinski definition) is 3. The monoisotopic (exact) mass is 456 g/mol. The maximum absolute atomic E-state index is 11.5. The first-order chi connectivity index (χ1) is 16.0. The van der Waals surface area contributed by atoms with Crippen molar-refractivity contribution in [1.29, 1.82) is 0 Å². The van der Waals surface area contributed by atoms with Crippen molar-refractivity contribution in [2.75, 3.05) is 13.2 Å². The second-order valence-electron chi connectivity index (χ2n) is 10.4. The van der Waals surface area contributed by atoms with Crippen molar-refractivity contribution in [1.82, 2.24) is 0 Å². The van der Waals surface area contributed by atoms with Crippen molar-refractivity contribution in [3.8, 4) is 0 Å². The summed E-state index contributed by atoms with van der Waals surface area (Å²) in [6, 6.07) is 9.34. The Bertz CT molecular complexity index is 670. The molecule has 1 fully saturated rings. The lowest BCUT2D eigenvalue weighted by atomic mass is 9.77. The second kappa shape index (κ2) is 16.1. The summed E-state index contributed by atoms with van der Waals surface area (Å²) in [5, 5.41) is 9.60. The SMILES string of the molecule is C=C(C)C(=O)OCC(CO)CCC1CCC(CCCCc2ccc(CCCCC)cc2)CC1. The zero-order valence-corrected chi connectivity index (χ0v) is 21.3. The fourth-order valence-corrected chi connectivity index (χ4v) is 5.04. The van der Waals surface area contributed by atoms with E-state index in [1.807, 2.05) is 0 Å². The number of ether oxygens (including phenoxy) is 1. The van der Waals surface area contributed by atoms with Gasteiger partial charge in [0.05, 0.1) is 6.61 Å². The minimum Gasteiger partial charge on any atom is -0.462 e. The van der Waals surface area contributed by atoms with Gasteiger partial charge in [0.25, 0.3) is 0 Å². The van der Waals surface area contributed by atoms with Gasteiger partial charge in [-0.15, -0.1) is 0 Å². The number of benzene rings is 1. The van der Waals surface area contributed by atoms with Crippen molar-refractivity contribution >= 4 is 5.97 Å². The van der Waals surface area contributed by atoms with E-state index in [9.17, 15) is 9.90 Å². The van der Waals surface area contributed by atoms with Gasteiger partial charge in [0.1, 0.15) is 0 Å². The molecule has 0 aliphatic heterocycles. The summed E-state index contributed by atoms with van der Waals surface area (Å²) in [6.07, 6.45) is 17.8. The molecule has 1 N–H and O–H groups in total. The van der Waals surface area contributed by atoms with Gasteiger partial charge in [0.15, 0.2) is 0 Å². The van der Waals surface area contributed by atoms with Crippen LogP contribution in [0.1, 0.15) is 102 Å². The Balaban J connectivity index is 1.54. The van der Waals surface area contributed by atoms with E-state index in [0.29, 0.717) is 12.2 Å². The Hall–Kier alpha value is -1.61. The highest BCUT2D eigenvalue weighted by Crippen LogP contribution is 2.35. The van der Waals surface area contributed by atoms with E-state index in [4.69, 9.17) is 4.74 Å². The number of rotatable bonds is 16. The van der Waals surface area contributed by atoms with Crippen molar-refractivity contribution in [2.45, 2.75) is 104 Å². The first-order valence-corrected chi connectivity index (χ1v) is 13.5. The molecule has 3 heteroatoms. The predicted molar refractivity (Wildman–Crippen MR) is 138 cm³/mol. The molecule has 186 valence electrons. The molecule has 1 unspecified atom stereocenters. The molecule has 1 aliphatic rings. The van der Waals surface area contributed by atoms with Gasteiger partial charge in [0.2, 0.25) is 0 Å². The fourth-order valence-electron chi connectivity index (χ4n) is 5.04. The molecule has 33 heavy (non-hydrogen) atoms. The number of aliphatic hydroxyl groups is 1. The van der Waals surface area contributed by atoms with E-state index in [-0.39, 0.29) is 18.5 Å². The number of carbonyl (C=O) groups excluding carboxylic acids is 1. The topological polar surface area (TPSA) is 46.5 Å². The van der Waals surface area contributed by atoms with Crippen LogP contribution < -0.4 is 0 Å². The van der Waals surface area contributed by atoms with E-state index in [0.717, 1.165) is 24.7 Å². The highest BCUT2D eigenvalue weighted by atomic mass is 16.5. The Kier molecular flexibility index (Phi) is 13.5. The van der Waals surface area contributed by atoms with Crippen molar-refractivity contribution in [2.24, 2.45) is 17.8 Å². The third-order valence-electron chi connectivity index (χ3n) is 7.43. The summed E-state index contributed by atoms with van der Waals surface area (Å²) in [7, 11) is 0. The molecule has 1 atom stereocenters. The highest BCUT2D eigenvalue weighted by Gasteiger charge is 2.22. The maximum Gasteiger partial charge on any atom is 0.333 e. The molecular formula is C30H48O3. The molecule has 0 saturated heterocycles. The molecule has 1 saturated carbocycles. The zero-order valence-electron chi connectivity index (χ0n) is 21.3. The summed E-state index contributed by atoms with van der Waals surface area (Å²) < 4.78 is 5.23. The first-order valence-electron chi connectivity index (χ1n) is 13.5. The fraction of sp³-hybridized carbons (Fsp3) is 0.700. The number of carbonyl (C=O) groups is 1. The van der Waals surface area contributed by atoms with Crippen LogP contribution in [-0.4, -0.2) is 24.3 Å². The van der Waals surface area contributed by atoms with Crippen LogP contribution in [0.15, 0.2) is 36.4 Å². The zero-order chi connectivity index (χ0) is 23.9. The quantitative estimate of drug-likeness (QED) is 0.160. The standard InChI is InChI=1S/C30H48O3/c1-4-5-6-9-25-12-14-26(15-13-25)10-7-8-11-27-16-18-28(19-17-27)20-21-29(22-31)23-33-30(32)24(2)3/h12-15,27-29,31H,2,4-11,16-23H2,1,3H3. The minimum atomic E-state index is -0.353. The highest BCUT2D eigenvalue weighted by molar-refractivity contribution is 5.86. The molecule has 0 heterocycles. The van der Waals surface area contributed by atoms with Gasteiger partial charge >= 0.3 is 5.97 Å². The van der Waals surface area contributed by atoms with Crippen LogP contribution in [0.4, 0.5) is 0 Å². The van der Waals surface area contributed by atoms with Gasteiger partial charge in [-0.3, -0.25) is 0 Å². The Labute approximate surface area is 203 Å². The molecule has 0 spiro atoms. The maximum atomic E-state index is 11.5. The van der Waals surface area contributed by atoms with Crippen LogP contribution in [0.2, 0.25) is 0 Å². The van der Waals surface area contributed by atoms with Gasteiger partial charge in [-0.1, -0.05) is 89.1 Å². The number of aryl methyl sites for hydroxylation is 2. The number of aliphatic hydroxyl groups excluding tert-OH is 1. The Morgan fingerprint density at radius 3 is 2.03 bits per heavy atom. The molecule has 0 bridgehead atoms. The molecule has 0 aromatic heterocycles. The van der Waals surface area contributed by atoms with Crippen LogP contribution in [0.5, 0.6) is 0 Å². The van der Waals surface area contributed by atoms with Crippen LogP contribution in [0, 0.1) is 17.8 Å². The predicted octanol–water partition coefficient (Wildman–Crippen LogP) is 7.45. The third kappa shape index (κ3) is 11.4. The van der Waals surface area contributed by atoms with Crippen LogP contribution >= 0.6 is 0 Å². The van der Waals surface area contributed by atoms with Gasteiger partial charge in [-0.2, -0.15) is 0 Å². The van der Waals surface area contributed by atoms with Gasteiger partial charge < -0.3 is 9.84 Å². The van der Waals surface area contributed by atoms with Gasteiger partial charge in [0, 0.05) is 18.1 Å². The van der Waals surface area contributed by atoms with E-state index in [2.05, 4.69) is 37.8 Å². The van der Waals surface area contributed by atoms with E-state index in [1.165, 1.54) is 88.2 Å². The van der Waals surface area contributed by atoms with Gasteiger partial charge in [-0.25, -0.2) is 4.79 Å². The van der Waals surface area contributed by atoms with E-state index >= 15 is 0 Å². The average molecular weight is 457 g/mol. The summed E-state index contributed by atoms with van der Waals surface area (Å²) in [5.41, 5.74) is 3.40. The lowest BCUT2D eigenvalue weighted by molar-refractivity contribution is -0.140. The lowest BCUT2D eigenvalue weighted by Crippen LogP contribution is -2.20. The number of hydrogen-bond donors (Lipinski definition) is 1. The normalized spacial score (nSPS) is 19.2. The van der Waals surface area contributed by atoms with E-state index < -0.39 is 0 Å². The minimum absolute atomic E-state index is 0.0522. The molecule has 0 amide bonds. The second-order valence-corrected chi connectivity index (χ2v) is 10.4. The van der Waals surface area contributed by atoms with Crippen molar-refractivity contribution < 1.29 is 14.6 Å². The molecule has 0 radical (unpaired) electrons. The van der Waals surface area contributed by atoms with Crippen LogP contribution in [0.3, 0.4) is 0 Å². The molecule has 2 rings (SSSR count). The molecule has 1 aliphatic carbocycles. The Morgan fingerprint density at radius 1 is 0.970 bits per heavy atom. The van der Waals surface area contributed by atoms with Crippen molar-refractivity contribution in [3.05, 3.63) is 47.5 Å². The summed E-state index contributed by atoms with van der Waals surface area (Å²) >= 11 is 0. The molecule has 3 nitrogen and oxygen atoms in total. The van der Waals surface area contributed by atoms with Crippen LogP contribution in [0.25, 0.3) is 0 Å². The number of unbranched alkanes of at least 4 members (excludes halogenated alkanes) is 3. The summed E-state index contributed by atoms with van der Waals surface area (Å²) in [6.45, 7) is 7.91. The van der Waals surface area contributed by atoms with Crippen molar-refractivity contribution in [3.63, 3.8) is 0 Å². The smallest absolute Gasteiger partial charge is 0.333 e. The third-order valence-corrected chi connectivity index (χ3v) is 7.43. The molecular weight excluding hydrogens is 408 g/mol. The summed E-state index contributed by atoms with van der Waals surface area (Å²) in [4.78, 5) is 11.5. The number of esters is 1. The average Bonchev–Trinajstić information content (AvgIpc) is 2.83. The molecule has 1 aromatic carbocycles. The van der Waals surface area contributed by atoms with Crippen LogP contribution in [-0.2, 0) is 22.4 Å².